The summed E-state index contributed by atoms with van der Waals surface area (Å²) in [5.74, 6) is 1.49. The highest BCUT2D eigenvalue weighted by Crippen LogP contribution is 2.26. The minimum absolute atomic E-state index is 0.152. The Morgan fingerprint density at radius 2 is 1.73 bits per heavy atom. The van der Waals surface area contributed by atoms with Crippen LogP contribution in [0.25, 0.3) is 10.9 Å². The van der Waals surface area contributed by atoms with Crippen molar-refractivity contribution in [2.45, 2.75) is 19.5 Å². The molecule has 0 amide bonds. The number of aromatic nitrogens is 2. The minimum Gasteiger partial charge on any atom is -0.363 e. The molecule has 0 spiro atoms. The molecule has 4 aromatic rings. The molecule has 1 atom stereocenters. The molecule has 2 aromatic carbocycles. The molecule has 0 aliphatic rings. The first-order valence-corrected chi connectivity index (χ1v) is 9.52. The maximum Gasteiger partial charge on any atom is 0.225 e. The van der Waals surface area contributed by atoms with Crippen LogP contribution in [0.15, 0.2) is 72.1 Å². The van der Waals surface area contributed by atoms with Crippen LogP contribution in [0.4, 0.5) is 11.8 Å². The number of para-hydroxylation sites is 1. The number of thiophene rings is 1. The van der Waals surface area contributed by atoms with Crippen molar-refractivity contribution in [3.63, 3.8) is 0 Å². The lowest BCUT2D eigenvalue weighted by molar-refractivity contribution is 0.875. The molecule has 2 aromatic heterocycles. The lowest BCUT2D eigenvalue weighted by Crippen LogP contribution is -2.11. The predicted octanol–water partition coefficient (Wildman–Crippen LogP) is 5.48. The summed E-state index contributed by atoms with van der Waals surface area (Å²) >= 11 is 1.72. The van der Waals surface area contributed by atoms with E-state index in [1.54, 1.807) is 11.3 Å². The molecular formula is C21H20N4S. The highest BCUT2D eigenvalue weighted by Gasteiger charge is 2.11. The SMILES string of the molecule is CC(Nc1nc(NCc2cccs2)nc2ccccc12)c1ccccc1. The van der Waals surface area contributed by atoms with Gasteiger partial charge in [0.15, 0.2) is 0 Å². The lowest BCUT2D eigenvalue weighted by atomic mass is 10.1. The largest absolute Gasteiger partial charge is 0.363 e. The second-order valence-corrected chi connectivity index (χ2v) is 7.15. The Labute approximate surface area is 157 Å². The van der Waals surface area contributed by atoms with Crippen molar-refractivity contribution in [1.29, 1.82) is 0 Å². The summed E-state index contributed by atoms with van der Waals surface area (Å²) in [5, 5.41) is 9.99. The fourth-order valence-corrected chi connectivity index (χ4v) is 3.52. The molecule has 1 unspecified atom stereocenters. The molecule has 0 saturated heterocycles. The molecule has 5 heteroatoms. The van der Waals surface area contributed by atoms with Crippen molar-refractivity contribution in [3.05, 3.63) is 82.6 Å². The summed E-state index contributed by atoms with van der Waals surface area (Å²) in [6, 6.07) is 22.8. The predicted molar refractivity (Wildman–Crippen MR) is 110 cm³/mol. The molecule has 0 fully saturated rings. The van der Waals surface area contributed by atoms with Gasteiger partial charge >= 0.3 is 0 Å². The van der Waals surface area contributed by atoms with E-state index in [4.69, 9.17) is 4.98 Å². The van der Waals surface area contributed by atoms with Crippen LogP contribution in [0.5, 0.6) is 0 Å². The zero-order chi connectivity index (χ0) is 17.8. The molecule has 4 rings (SSSR count). The number of benzene rings is 2. The first-order chi connectivity index (χ1) is 12.8. The van der Waals surface area contributed by atoms with Crippen molar-refractivity contribution in [1.82, 2.24) is 9.97 Å². The third-order valence-electron chi connectivity index (χ3n) is 4.26. The summed E-state index contributed by atoms with van der Waals surface area (Å²) in [5.41, 5.74) is 2.15. The number of nitrogens with zero attached hydrogens (tertiary/aromatic N) is 2. The average Bonchev–Trinajstić information content (AvgIpc) is 3.21. The maximum absolute atomic E-state index is 4.74. The molecule has 4 nitrogen and oxygen atoms in total. The summed E-state index contributed by atoms with van der Waals surface area (Å²) in [6.07, 6.45) is 0. The summed E-state index contributed by atoms with van der Waals surface area (Å²) in [6.45, 7) is 2.87. The lowest BCUT2D eigenvalue weighted by Gasteiger charge is -2.17. The van der Waals surface area contributed by atoms with E-state index in [2.05, 4.69) is 70.4 Å². The smallest absolute Gasteiger partial charge is 0.225 e. The van der Waals surface area contributed by atoms with Crippen molar-refractivity contribution in [2.75, 3.05) is 10.6 Å². The summed E-state index contributed by atoms with van der Waals surface area (Å²) in [4.78, 5) is 10.7. The van der Waals surface area contributed by atoms with Crippen LogP contribution >= 0.6 is 11.3 Å². The fourth-order valence-electron chi connectivity index (χ4n) is 2.88. The first-order valence-electron chi connectivity index (χ1n) is 8.64. The third-order valence-corrected chi connectivity index (χ3v) is 5.13. The molecule has 0 aliphatic carbocycles. The molecule has 0 aliphatic heterocycles. The number of hydrogen-bond acceptors (Lipinski definition) is 5. The summed E-state index contributed by atoms with van der Waals surface area (Å²) in [7, 11) is 0. The van der Waals surface area contributed by atoms with Gasteiger partial charge in [0.2, 0.25) is 5.95 Å². The van der Waals surface area contributed by atoms with Gasteiger partial charge in [0, 0.05) is 16.3 Å². The average molecular weight is 360 g/mol. The van der Waals surface area contributed by atoms with Gasteiger partial charge in [0.1, 0.15) is 5.82 Å². The molecule has 0 radical (unpaired) electrons. The van der Waals surface area contributed by atoms with Gasteiger partial charge in [-0.1, -0.05) is 48.5 Å². The first kappa shape index (κ1) is 16.5. The molecular weight excluding hydrogens is 340 g/mol. The van der Waals surface area contributed by atoms with E-state index in [1.807, 2.05) is 24.3 Å². The Morgan fingerprint density at radius 1 is 0.923 bits per heavy atom. The van der Waals surface area contributed by atoms with Crippen molar-refractivity contribution >= 4 is 34.0 Å². The topological polar surface area (TPSA) is 49.8 Å². The molecule has 26 heavy (non-hydrogen) atoms. The monoisotopic (exact) mass is 360 g/mol. The zero-order valence-electron chi connectivity index (χ0n) is 14.5. The Kier molecular flexibility index (Phi) is 4.80. The van der Waals surface area contributed by atoms with Gasteiger partial charge in [-0.05, 0) is 36.1 Å². The van der Waals surface area contributed by atoms with Gasteiger partial charge in [-0.3, -0.25) is 0 Å². The van der Waals surface area contributed by atoms with Gasteiger partial charge in [0.05, 0.1) is 12.1 Å². The number of rotatable bonds is 6. The normalized spacial score (nSPS) is 12.0. The number of hydrogen-bond donors (Lipinski definition) is 2. The molecule has 0 saturated carbocycles. The van der Waals surface area contributed by atoms with E-state index < -0.39 is 0 Å². The number of nitrogens with one attached hydrogen (secondary N) is 2. The zero-order valence-corrected chi connectivity index (χ0v) is 15.3. The highest BCUT2D eigenvalue weighted by molar-refractivity contribution is 7.09. The number of fused-ring (bicyclic) bond motifs is 1. The Bertz CT molecular complexity index is 984. The van der Waals surface area contributed by atoms with Crippen LogP contribution in [0.1, 0.15) is 23.4 Å². The molecule has 130 valence electrons. The quantitative estimate of drug-likeness (QED) is 0.478. The van der Waals surface area contributed by atoms with Crippen LogP contribution in [0, 0.1) is 0 Å². The summed E-state index contributed by atoms with van der Waals surface area (Å²) < 4.78 is 0. The van der Waals surface area contributed by atoms with Crippen molar-refractivity contribution in [2.24, 2.45) is 0 Å². The Morgan fingerprint density at radius 3 is 2.54 bits per heavy atom. The standard InChI is InChI=1S/C21H20N4S/c1-15(16-8-3-2-4-9-16)23-20-18-11-5-6-12-19(18)24-21(25-20)22-14-17-10-7-13-26-17/h2-13,15H,14H2,1H3,(H2,22,23,24,25). The molecule has 2 N–H and O–H groups in total. The number of anilines is 2. The van der Waals surface area contributed by atoms with Gasteiger partial charge in [-0.2, -0.15) is 4.98 Å². The Balaban J connectivity index is 1.63. The third kappa shape index (κ3) is 3.68. The second-order valence-electron chi connectivity index (χ2n) is 6.12. The molecule has 2 heterocycles. The highest BCUT2D eigenvalue weighted by atomic mass is 32.1. The van der Waals surface area contributed by atoms with Gasteiger partial charge < -0.3 is 10.6 Å². The van der Waals surface area contributed by atoms with Crippen LogP contribution in [0.3, 0.4) is 0 Å². The molecule has 0 bridgehead atoms. The van der Waals surface area contributed by atoms with E-state index in [0.29, 0.717) is 5.95 Å². The van der Waals surface area contributed by atoms with Crippen LogP contribution in [-0.2, 0) is 6.54 Å². The van der Waals surface area contributed by atoms with Crippen LogP contribution in [-0.4, -0.2) is 9.97 Å². The fraction of sp³-hybridized carbons (Fsp3) is 0.143. The van der Waals surface area contributed by atoms with E-state index in [-0.39, 0.29) is 6.04 Å². The minimum atomic E-state index is 0.152. The second kappa shape index (κ2) is 7.54. The van der Waals surface area contributed by atoms with Gasteiger partial charge in [0.25, 0.3) is 0 Å². The van der Waals surface area contributed by atoms with Crippen LogP contribution in [0.2, 0.25) is 0 Å². The maximum atomic E-state index is 4.74. The van der Waals surface area contributed by atoms with Crippen LogP contribution < -0.4 is 10.6 Å². The van der Waals surface area contributed by atoms with Gasteiger partial charge in [-0.15, -0.1) is 11.3 Å². The van der Waals surface area contributed by atoms with E-state index >= 15 is 0 Å². The Hall–Kier alpha value is -2.92. The van der Waals surface area contributed by atoms with E-state index in [0.717, 1.165) is 23.3 Å². The van der Waals surface area contributed by atoms with Gasteiger partial charge in [-0.25, -0.2) is 4.98 Å². The van der Waals surface area contributed by atoms with E-state index in [9.17, 15) is 0 Å². The van der Waals surface area contributed by atoms with Crippen molar-refractivity contribution in [3.8, 4) is 0 Å². The van der Waals surface area contributed by atoms with Crippen molar-refractivity contribution < 1.29 is 0 Å². The van der Waals surface area contributed by atoms with E-state index in [1.165, 1.54) is 10.4 Å².